The Balaban J connectivity index is 1.73. The summed E-state index contributed by atoms with van der Waals surface area (Å²) in [5, 5.41) is 14.1. The van der Waals surface area contributed by atoms with Gasteiger partial charge >= 0.3 is 6.09 Å². The van der Waals surface area contributed by atoms with Crippen molar-refractivity contribution < 1.29 is 38.5 Å². The maximum Gasteiger partial charge on any atom is 0.419 e. The van der Waals surface area contributed by atoms with Crippen LogP contribution in [-0.2, 0) is 28.6 Å². The fourth-order valence-corrected chi connectivity index (χ4v) is 5.87. The number of allylic oxidation sites excluding steroid dienone is 4. The molecule has 1 aromatic rings. The summed E-state index contributed by atoms with van der Waals surface area (Å²) in [6.07, 6.45) is 9.75. The molecule has 12 heteroatoms. The molecule has 1 aliphatic carbocycles. The molecule has 6 atom stereocenters. The van der Waals surface area contributed by atoms with Gasteiger partial charge in [-0.05, 0) is 44.6 Å². The van der Waals surface area contributed by atoms with Crippen LogP contribution in [0, 0.1) is 11.8 Å². The summed E-state index contributed by atoms with van der Waals surface area (Å²) in [7, 11) is 2.99. The molecular weight excluding hydrogens is 592 g/mol. The van der Waals surface area contributed by atoms with E-state index in [1.807, 2.05) is 24.8 Å². The van der Waals surface area contributed by atoms with Crippen LogP contribution >= 0.6 is 0 Å². The van der Waals surface area contributed by atoms with Gasteiger partial charge in [0.1, 0.15) is 12.4 Å². The maximum absolute atomic E-state index is 13.8. The fraction of sp³-hybridized carbons (Fsp3) is 0.500. The zero-order chi connectivity index (χ0) is 33.5. The van der Waals surface area contributed by atoms with E-state index in [4.69, 9.17) is 14.2 Å². The third-order valence-corrected chi connectivity index (χ3v) is 8.64. The molecule has 0 saturated carbocycles. The summed E-state index contributed by atoms with van der Waals surface area (Å²) in [5.41, 5.74) is 1.56. The van der Waals surface area contributed by atoms with Crippen molar-refractivity contribution in [2.24, 2.45) is 11.8 Å². The zero-order valence-corrected chi connectivity index (χ0v) is 27.3. The number of fused-ring (bicyclic) bond motifs is 2. The summed E-state index contributed by atoms with van der Waals surface area (Å²) >= 11 is 0. The molecule has 0 radical (unpaired) electrons. The molecule has 0 aromatic carbocycles. The Morgan fingerprint density at radius 2 is 1.85 bits per heavy atom. The van der Waals surface area contributed by atoms with Crippen molar-refractivity contribution in [3.8, 4) is 0 Å². The molecule has 4 rings (SSSR count). The highest BCUT2D eigenvalue weighted by atomic mass is 16.6. The number of hydrogen-bond donors (Lipinski definition) is 2. The molecule has 248 valence electrons. The number of nitrogens with one attached hydrogen (secondary N) is 1. The van der Waals surface area contributed by atoms with Gasteiger partial charge in [0, 0.05) is 62.8 Å². The topological polar surface area (TPSA) is 149 Å². The number of carbonyl (C=O) groups is 4. The standard InChI is InChI=1S/C34H44N4O8/c1-20-15-24-29(37-12-8-13-37)26(39)18-25(31(24)41)36-33(42)21(2)9-7-10-27(44-5)32(46-34(43)38-14-11-35-19-38)23(4)17-22(3)30(40)28(16-20)45-6/h7,9-11,14,17-20,22,27-28,30,32,40H,8,12-13,15-16H2,1-6H3,(H,36,42)/b10-7-,21-9+,23-17+/t20-,22+,27+,28+,30-,32+/m1/s1. The van der Waals surface area contributed by atoms with Crippen LogP contribution in [0.25, 0.3) is 0 Å². The van der Waals surface area contributed by atoms with Gasteiger partial charge in [-0.15, -0.1) is 0 Å². The lowest BCUT2D eigenvalue weighted by atomic mass is 9.84. The van der Waals surface area contributed by atoms with Crippen LogP contribution < -0.4 is 5.32 Å². The van der Waals surface area contributed by atoms with Gasteiger partial charge < -0.3 is 29.5 Å². The molecule has 1 saturated heterocycles. The van der Waals surface area contributed by atoms with Gasteiger partial charge in [0.15, 0.2) is 6.10 Å². The minimum atomic E-state index is -0.945. The van der Waals surface area contributed by atoms with Crippen molar-refractivity contribution in [2.45, 2.75) is 71.4 Å². The highest BCUT2D eigenvalue weighted by Gasteiger charge is 2.36. The van der Waals surface area contributed by atoms with Gasteiger partial charge in [0.2, 0.25) is 11.6 Å². The minimum absolute atomic E-state index is 0.0749. The van der Waals surface area contributed by atoms with Crippen LogP contribution in [0.3, 0.4) is 0 Å². The summed E-state index contributed by atoms with van der Waals surface area (Å²) in [4.78, 5) is 59.0. The van der Waals surface area contributed by atoms with Crippen LogP contribution in [0.15, 0.2) is 77.2 Å². The van der Waals surface area contributed by atoms with Gasteiger partial charge in [0.05, 0.1) is 23.6 Å². The SMILES string of the molecule is CO[C@H]1/C=C\C=C(/C)C(=O)NC2=CC(=O)C(N3CCC3)=C(C[C@@H](C)C[C@H](OC)[C@H](O)[C@@H](C)/C=C(\C)[C@@H]1OC(=O)n1ccnc1)C2=O. The van der Waals surface area contributed by atoms with Crippen LogP contribution in [0.2, 0.25) is 0 Å². The molecule has 1 fully saturated rings. The van der Waals surface area contributed by atoms with E-state index in [0.717, 1.165) is 6.42 Å². The average Bonchev–Trinajstić information content (AvgIpc) is 3.54. The predicted molar refractivity (Wildman–Crippen MR) is 169 cm³/mol. The Bertz CT molecular complexity index is 1470. The van der Waals surface area contributed by atoms with Crippen molar-refractivity contribution in [2.75, 3.05) is 27.3 Å². The van der Waals surface area contributed by atoms with E-state index in [1.165, 1.54) is 43.6 Å². The lowest BCUT2D eigenvalue weighted by molar-refractivity contribution is -0.120. The van der Waals surface area contributed by atoms with E-state index in [1.54, 1.807) is 32.1 Å². The molecule has 2 N–H and O–H groups in total. The van der Waals surface area contributed by atoms with E-state index >= 15 is 0 Å². The summed E-state index contributed by atoms with van der Waals surface area (Å²) < 4.78 is 18.5. The number of Topliss-reactive ketones (excluding diaryl/α,β-unsaturated/α-hetero) is 1. The van der Waals surface area contributed by atoms with Crippen molar-refractivity contribution >= 4 is 23.6 Å². The van der Waals surface area contributed by atoms with Crippen molar-refractivity contribution in [1.29, 1.82) is 0 Å². The van der Waals surface area contributed by atoms with Crippen LogP contribution in [-0.4, -0.2) is 94.8 Å². The number of nitrogens with zero attached hydrogens (tertiary/aromatic N) is 3. The molecule has 2 aliphatic heterocycles. The third kappa shape index (κ3) is 7.98. The molecule has 0 spiro atoms. The van der Waals surface area contributed by atoms with Gasteiger partial charge in [-0.3, -0.25) is 14.4 Å². The zero-order valence-electron chi connectivity index (χ0n) is 27.3. The second kappa shape index (κ2) is 15.4. The normalized spacial score (nSPS) is 31.6. The van der Waals surface area contributed by atoms with E-state index in [2.05, 4.69) is 10.3 Å². The quantitative estimate of drug-likeness (QED) is 0.373. The minimum Gasteiger partial charge on any atom is -0.438 e. The number of imidazole rings is 1. The number of amides is 1. The third-order valence-electron chi connectivity index (χ3n) is 8.64. The van der Waals surface area contributed by atoms with Crippen molar-refractivity contribution in [3.63, 3.8) is 0 Å². The second-order valence-electron chi connectivity index (χ2n) is 12.2. The molecule has 3 aliphatic rings. The predicted octanol–water partition coefficient (Wildman–Crippen LogP) is 3.25. The van der Waals surface area contributed by atoms with E-state index in [9.17, 15) is 24.3 Å². The van der Waals surface area contributed by atoms with Crippen LogP contribution in [0.1, 0.15) is 47.0 Å². The first-order valence-corrected chi connectivity index (χ1v) is 15.5. The Kier molecular flexibility index (Phi) is 11.7. The van der Waals surface area contributed by atoms with Gasteiger partial charge in [-0.1, -0.05) is 38.2 Å². The lowest BCUT2D eigenvalue weighted by Crippen LogP contribution is -2.43. The lowest BCUT2D eigenvalue weighted by Gasteiger charge is -2.37. The van der Waals surface area contributed by atoms with Crippen LogP contribution in [0.5, 0.6) is 0 Å². The summed E-state index contributed by atoms with van der Waals surface area (Å²) in [5.74, 6) is -1.85. The number of rotatable bonds is 4. The van der Waals surface area contributed by atoms with E-state index < -0.39 is 48.1 Å². The first-order chi connectivity index (χ1) is 21.9. The van der Waals surface area contributed by atoms with E-state index in [0.29, 0.717) is 36.4 Å². The highest BCUT2D eigenvalue weighted by Crippen LogP contribution is 2.32. The number of aliphatic hydroxyl groups excluding tert-OH is 1. The number of ketones is 2. The first-order valence-electron chi connectivity index (χ1n) is 15.5. The largest absolute Gasteiger partial charge is 0.438 e. The Morgan fingerprint density at radius 3 is 2.46 bits per heavy atom. The molecule has 12 nitrogen and oxygen atoms in total. The fourth-order valence-electron chi connectivity index (χ4n) is 5.87. The number of carbonyl (C=O) groups excluding carboxylic acids is 4. The average molecular weight is 637 g/mol. The smallest absolute Gasteiger partial charge is 0.419 e. The Morgan fingerprint density at radius 1 is 1.11 bits per heavy atom. The summed E-state index contributed by atoms with van der Waals surface area (Å²) in [6, 6.07) is 0. The molecule has 3 heterocycles. The maximum atomic E-state index is 13.8. The van der Waals surface area contributed by atoms with Crippen molar-refractivity contribution in [1.82, 2.24) is 19.8 Å². The molecular formula is C34H44N4O8. The monoisotopic (exact) mass is 636 g/mol. The highest BCUT2D eigenvalue weighted by molar-refractivity contribution is 6.23. The Labute approximate surface area is 269 Å². The molecule has 2 bridgehead atoms. The number of aliphatic hydroxyl groups is 1. The number of aromatic nitrogens is 2. The van der Waals surface area contributed by atoms with E-state index in [-0.39, 0.29) is 29.4 Å². The van der Waals surface area contributed by atoms with Gasteiger partial charge in [-0.25, -0.2) is 14.3 Å². The summed E-state index contributed by atoms with van der Waals surface area (Å²) in [6.45, 7) is 8.51. The molecule has 46 heavy (non-hydrogen) atoms. The van der Waals surface area contributed by atoms with Crippen molar-refractivity contribution in [3.05, 3.63) is 77.2 Å². The number of ether oxygens (including phenoxy) is 3. The van der Waals surface area contributed by atoms with Crippen LogP contribution in [0.4, 0.5) is 4.79 Å². The molecule has 1 amide bonds. The van der Waals surface area contributed by atoms with Gasteiger partial charge in [-0.2, -0.15) is 0 Å². The number of likely N-dealkylation sites (tertiary alicyclic amines) is 1. The first kappa shape index (κ1) is 34.7. The molecule has 1 aromatic heterocycles. The van der Waals surface area contributed by atoms with Gasteiger partial charge in [0.25, 0.3) is 5.91 Å². The Hall–Kier alpha value is -4.13. The molecule has 0 unspecified atom stereocenters. The number of methoxy groups -OCH3 is 2. The second-order valence-corrected chi connectivity index (χ2v) is 12.2. The number of hydrogen-bond acceptors (Lipinski definition) is 10.